The van der Waals surface area contributed by atoms with Crippen LogP contribution in [0, 0.1) is 5.92 Å². The van der Waals surface area contributed by atoms with Gasteiger partial charge in [0.05, 0.1) is 12.2 Å². The van der Waals surface area contributed by atoms with Gasteiger partial charge in [0, 0.05) is 26.5 Å². The summed E-state index contributed by atoms with van der Waals surface area (Å²) in [6.07, 6.45) is 0. The van der Waals surface area contributed by atoms with Crippen LogP contribution < -0.4 is 10.2 Å². The van der Waals surface area contributed by atoms with E-state index in [0.29, 0.717) is 6.54 Å². The van der Waals surface area contributed by atoms with Crippen LogP contribution >= 0.6 is 11.3 Å². The van der Waals surface area contributed by atoms with Crippen LogP contribution in [-0.4, -0.2) is 54.2 Å². The fraction of sp³-hybridized carbons (Fsp3) is 0.615. The summed E-state index contributed by atoms with van der Waals surface area (Å²) in [6, 6.07) is -1.32. The highest BCUT2D eigenvalue weighted by Crippen LogP contribution is 2.18. The molecule has 0 aliphatic rings. The number of aliphatic carboxylic acids is 1. The second kappa shape index (κ2) is 7.26. The van der Waals surface area contributed by atoms with Crippen molar-refractivity contribution < 1.29 is 14.7 Å². The van der Waals surface area contributed by atoms with Crippen molar-refractivity contribution in [2.45, 2.75) is 26.4 Å². The van der Waals surface area contributed by atoms with Crippen LogP contribution in [0.5, 0.6) is 0 Å². The summed E-state index contributed by atoms with van der Waals surface area (Å²) < 4.78 is 0. The van der Waals surface area contributed by atoms with Crippen molar-refractivity contribution in [3.63, 3.8) is 0 Å². The average Bonchev–Trinajstić information content (AvgIpc) is 2.83. The number of amides is 2. The summed E-state index contributed by atoms with van der Waals surface area (Å²) in [5.41, 5.74) is 0.776. The van der Waals surface area contributed by atoms with Crippen LogP contribution in [0.25, 0.3) is 0 Å². The van der Waals surface area contributed by atoms with Crippen molar-refractivity contribution >= 4 is 28.5 Å². The van der Waals surface area contributed by atoms with Gasteiger partial charge < -0.3 is 20.2 Å². The normalized spacial score (nSPS) is 12.1. The van der Waals surface area contributed by atoms with E-state index >= 15 is 0 Å². The number of nitrogens with one attached hydrogen (secondary N) is 1. The van der Waals surface area contributed by atoms with Crippen molar-refractivity contribution in [1.82, 2.24) is 15.2 Å². The van der Waals surface area contributed by atoms with Crippen LogP contribution in [0.3, 0.4) is 0 Å². The van der Waals surface area contributed by atoms with Crippen LogP contribution in [-0.2, 0) is 11.3 Å². The number of aromatic nitrogens is 1. The number of carboxylic acid groups (broad SMARTS) is 1. The molecule has 21 heavy (non-hydrogen) atoms. The molecular formula is C13H22N4O3S. The van der Waals surface area contributed by atoms with Gasteiger partial charge in [-0.2, -0.15) is 0 Å². The van der Waals surface area contributed by atoms with Gasteiger partial charge in [0.25, 0.3) is 0 Å². The minimum atomic E-state index is -1.03. The monoisotopic (exact) mass is 314 g/mol. The summed E-state index contributed by atoms with van der Waals surface area (Å²) in [4.78, 5) is 30.8. The molecule has 0 radical (unpaired) electrons. The molecule has 1 heterocycles. The number of carbonyl (C=O) groups excluding carboxylic acids is 1. The number of thiazole rings is 1. The van der Waals surface area contributed by atoms with Crippen molar-refractivity contribution in [3.8, 4) is 0 Å². The lowest BCUT2D eigenvalue weighted by atomic mass is 10.1. The Morgan fingerprint density at radius 3 is 2.43 bits per heavy atom. The average molecular weight is 314 g/mol. The zero-order valence-corrected chi connectivity index (χ0v) is 13.8. The molecule has 0 bridgehead atoms. The molecule has 0 aromatic carbocycles. The highest BCUT2D eigenvalue weighted by atomic mass is 32.1. The van der Waals surface area contributed by atoms with E-state index in [4.69, 9.17) is 5.11 Å². The van der Waals surface area contributed by atoms with Crippen molar-refractivity contribution in [2.24, 2.45) is 5.92 Å². The molecule has 0 saturated heterocycles. The van der Waals surface area contributed by atoms with Crippen molar-refractivity contribution in [1.29, 1.82) is 0 Å². The number of hydrogen-bond donors (Lipinski definition) is 2. The number of carboxylic acids is 1. The first kappa shape index (κ1) is 17.2. The maximum absolute atomic E-state index is 12.0. The van der Waals surface area contributed by atoms with E-state index in [0.717, 1.165) is 10.8 Å². The first-order valence-electron chi connectivity index (χ1n) is 6.58. The molecule has 0 saturated carbocycles. The molecule has 1 aromatic heterocycles. The molecule has 1 rings (SSSR count). The smallest absolute Gasteiger partial charge is 0.326 e. The summed E-state index contributed by atoms with van der Waals surface area (Å²) in [5.74, 6) is -1.21. The highest BCUT2D eigenvalue weighted by molar-refractivity contribution is 7.13. The highest BCUT2D eigenvalue weighted by Gasteiger charge is 2.25. The lowest BCUT2D eigenvalue weighted by molar-refractivity contribution is -0.140. The summed E-state index contributed by atoms with van der Waals surface area (Å²) >= 11 is 1.50. The fourth-order valence-corrected chi connectivity index (χ4v) is 2.40. The van der Waals surface area contributed by atoms with Gasteiger partial charge >= 0.3 is 12.0 Å². The van der Waals surface area contributed by atoms with Gasteiger partial charge in [-0.3, -0.25) is 0 Å². The molecule has 1 aromatic rings. The molecule has 0 fully saturated rings. The van der Waals surface area contributed by atoms with E-state index in [1.165, 1.54) is 16.2 Å². The third-order valence-corrected chi connectivity index (χ3v) is 3.94. The Hall–Kier alpha value is -1.83. The predicted octanol–water partition coefficient (Wildman–Crippen LogP) is 1.46. The topological polar surface area (TPSA) is 85.8 Å². The van der Waals surface area contributed by atoms with Crippen molar-refractivity contribution in [3.05, 3.63) is 11.1 Å². The van der Waals surface area contributed by atoms with E-state index in [1.807, 2.05) is 24.4 Å². The Morgan fingerprint density at radius 1 is 1.38 bits per heavy atom. The van der Waals surface area contributed by atoms with Gasteiger partial charge in [-0.1, -0.05) is 13.8 Å². The molecule has 2 N–H and O–H groups in total. The van der Waals surface area contributed by atoms with E-state index in [1.54, 1.807) is 20.9 Å². The molecule has 8 heteroatoms. The number of nitrogens with zero attached hydrogens (tertiary/aromatic N) is 3. The molecule has 1 atom stereocenters. The fourth-order valence-electron chi connectivity index (χ4n) is 1.65. The number of urea groups is 1. The van der Waals surface area contributed by atoms with E-state index in [9.17, 15) is 9.59 Å². The van der Waals surface area contributed by atoms with Gasteiger partial charge in [-0.05, 0) is 5.92 Å². The molecular weight excluding hydrogens is 292 g/mol. The van der Waals surface area contributed by atoms with Gasteiger partial charge in [0.2, 0.25) is 0 Å². The van der Waals surface area contributed by atoms with Crippen LogP contribution in [0.1, 0.15) is 19.5 Å². The molecule has 0 unspecified atom stereocenters. The summed E-state index contributed by atoms with van der Waals surface area (Å²) in [7, 11) is 5.42. The SMILES string of the molecule is CC(C)[C@H](NC(=O)N(C)Cc1csc(N(C)C)n1)C(=O)O. The van der Waals surface area contributed by atoms with Gasteiger partial charge in [-0.15, -0.1) is 11.3 Å². The van der Waals surface area contributed by atoms with Gasteiger partial charge in [-0.25, -0.2) is 14.6 Å². The van der Waals surface area contributed by atoms with Gasteiger partial charge in [0.1, 0.15) is 6.04 Å². The number of rotatable bonds is 6. The molecule has 2 amide bonds. The molecule has 7 nitrogen and oxygen atoms in total. The first-order valence-corrected chi connectivity index (χ1v) is 7.46. The summed E-state index contributed by atoms with van der Waals surface area (Å²) in [5, 5.41) is 14.3. The lowest BCUT2D eigenvalue weighted by Crippen LogP contribution is -2.48. The first-order chi connectivity index (χ1) is 9.72. The van der Waals surface area contributed by atoms with Crippen LogP contribution in [0.15, 0.2) is 5.38 Å². The standard InChI is InChI=1S/C13H22N4O3S/c1-8(2)10(11(18)19)15-12(20)17(5)6-9-7-21-13(14-9)16(3)4/h7-8,10H,6H2,1-5H3,(H,15,20)(H,18,19)/t10-/m0/s1. The molecule has 0 aliphatic heterocycles. The van der Waals surface area contributed by atoms with Gasteiger partial charge in [0.15, 0.2) is 5.13 Å². The molecule has 0 spiro atoms. The number of anilines is 1. The number of hydrogen-bond acceptors (Lipinski definition) is 5. The van der Waals surface area contributed by atoms with Crippen molar-refractivity contribution in [2.75, 3.05) is 26.0 Å². The minimum Gasteiger partial charge on any atom is -0.480 e. The lowest BCUT2D eigenvalue weighted by Gasteiger charge is -2.22. The number of carbonyl (C=O) groups is 2. The Bertz CT molecular complexity index is 501. The maximum Gasteiger partial charge on any atom is 0.326 e. The largest absolute Gasteiger partial charge is 0.480 e. The second-order valence-corrected chi connectivity index (χ2v) is 6.22. The van der Waals surface area contributed by atoms with E-state index in [2.05, 4.69) is 10.3 Å². The van der Waals surface area contributed by atoms with E-state index < -0.39 is 18.0 Å². The second-order valence-electron chi connectivity index (χ2n) is 5.38. The predicted molar refractivity (Wildman–Crippen MR) is 82.7 cm³/mol. The Balaban J connectivity index is 2.63. The Kier molecular flexibility index (Phi) is 5.95. The third-order valence-electron chi connectivity index (χ3n) is 2.88. The van der Waals surface area contributed by atoms with Crippen LogP contribution in [0.4, 0.5) is 9.93 Å². The molecule has 118 valence electrons. The molecule has 0 aliphatic carbocycles. The van der Waals surface area contributed by atoms with Crippen LogP contribution in [0.2, 0.25) is 0 Å². The zero-order valence-electron chi connectivity index (χ0n) is 13.0. The third kappa shape index (κ3) is 4.89. The Labute approximate surface area is 128 Å². The quantitative estimate of drug-likeness (QED) is 0.830. The Morgan fingerprint density at radius 2 is 2.00 bits per heavy atom. The zero-order chi connectivity index (χ0) is 16.2. The maximum atomic E-state index is 12.0. The summed E-state index contributed by atoms with van der Waals surface area (Å²) in [6.45, 7) is 3.84. The minimum absolute atomic E-state index is 0.181. The van der Waals surface area contributed by atoms with E-state index in [-0.39, 0.29) is 5.92 Å².